The standard InChI is InChI=1S/C12H18ClN3O/c1-3-6-16-11(10(13)7-15-16)12(17)9-4-5-14-8(9)2/h7-9,14H,3-6H2,1-2H3. The Bertz CT molecular complexity index is 416. The van der Waals surface area contributed by atoms with Crippen molar-refractivity contribution < 1.29 is 4.79 Å². The van der Waals surface area contributed by atoms with E-state index in [4.69, 9.17) is 11.6 Å². The zero-order valence-electron chi connectivity index (χ0n) is 10.2. The maximum atomic E-state index is 12.4. The van der Waals surface area contributed by atoms with Crippen molar-refractivity contribution in [1.82, 2.24) is 15.1 Å². The van der Waals surface area contributed by atoms with Crippen LogP contribution in [0, 0.1) is 5.92 Å². The Labute approximate surface area is 106 Å². The number of nitrogens with zero attached hydrogens (tertiary/aromatic N) is 2. The number of hydrogen-bond donors (Lipinski definition) is 1. The molecule has 0 radical (unpaired) electrons. The first-order valence-corrected chi connectivity index (χ1v) is 6.51. The van der Waals surface area contributed by atoms with Crippen LogP contribution in [0.15, 0.2) is 6.20 Å². The van der Waals surface area contributed by atoms with E-state index in [2.05, 4.69) is 17.3 Å². The molecule has 1 N–H and O–H groups in total. The quantitative estimate of drug-likeness (QED) is 0.839. The smallest absolute Gasteiger partial charge is 0.187 e. The topological polar surface area (TPSA) is 46.9 Å². The molecule has 0 aromatic carbocycles. The molecule has 2 unspecified atom stereocenters. The molecule has 4 nitrogen and oxygen atoms in total. The molecule has 0 spiro atoms. The summed E-state index contributed by atoms with van der Waals surface area (Å²) in [6, 6.07) is 0.226. The average molecular weight is 256 g/mol. The van der Waals surface area contributed by atoms with Gasteiger partial charge in [0.1, 0.15) is 5.69 Å². The maximum Gasteiger partial charge on any atom is 0.187 e. The first-order chi connectivity index (χ1) is 8.15. The number of halogens is 1. The predicted octanol–water partition coefficient (Wildman–Crippen LogP) is 2.13. The van der Waals surface area contributed by atoms with Gasteiger partial charge >= 0.3 is 0 Å². The number of nitrogens with one attached hydrogen (secondary N) is 1. The maximum absolute atomic E-state index is 12.4. The van der Waals surface area contributed by atoms with Crippen molar-refractivity contribution in [3.8, 4) is 0 Å². The molecule has 94 valence electrons. The van der Waals surface area contributed by atoms with Crippen molar-refractivity contribution in [2.24, 2.45) is 5.92 Å². The molecule has 2 heterocycles. The monoisotopic (exact) mass is 255 g/mol. The molecule has 5 heteroatoms. The molecule has 2 atom stereocenters. The van der Waals surface area contributed by atoms with Crippen molar-refractivity contribution >= 4 is 17.4 Å². The Hall–Kier alpha value is -0.870. The predicted molar refractivity (Wildman–Crippen MR) is 67.4 cm³/mol. The molecular formula is C12H18ClN3O. The first kappa shape index (κ1) is 12.6. The molecule has 1 aliphatic rings. The normalized spacial score (nSPS) is 24.2. The fraction of sp³-hybridized carbons (Fsp3) is 0.667. The molecule has 0 amide bonds. The van der Waals surface area contributed by atoms with Gasteiger partial charge < -0.3 is 5.32 Å². The zero-order valence-corrected chi connectivity index (χ0v) is 11.0. The highest BCUT2D eigenvalue weighted by Crippen LogP contribution is 2.25. The van der Waals surface area contributed by atoms with Crippen LogP contribution >= 0.6 is 11.6 Å². The Balaban J connectivity index is 2.26. The van der Waals surface area contributed by atoms with E-state index in [0.717, 1.165) is 25.9 Å². The molecule has 1 aromatic rings. The van der Waals surface area contributed by atoms with Crippen LogP contribution in [0.2, 0.25) is 5.02 Å². The van der Waals surface area contributed by atoms with Gasteiger partial charge in [-0.3, -0.25) is 9.48 Å². The van der Waals surface area contributed by atoms with Crippen LogP contribution < -0.4 is 5.32 Å². The van der Waals surface area contributed by atoms with E-state index >= 15 is 0 Å². The van der Waals surface area contributed by atoms with Gasteiger partial charge in [-0.25, -0.2) is 0 Å². The summed E-state index contributed by atoms with van der Waals surface area (Å²) in [6.07, 6.45) is 3.39. The van der Waals surface area contributed by atoms with Gasteiger partial charge in [-0.1, -0.05) is 18.5 Å². The van der Waals surface area contributed by atoms with Crippen LogP contribution in [0.25, 0.3) is 0 Å². The second-order valence-electron chi connectivity index (χ2n) is 4.57. The second kappa shape index (κ2) is 5.19. The van der Waals surface area contributed by atoms with E-state index < -0.39 is 0 Å². The summed E-state index contributed by atoms with van der Waals surface area (Å²) >= 11 is 6.08. The summed E-state index contributed by atoms with van der Waals surface area (Å²) < 4.78 is 1.73. The third-order valence-electron chi connectivity index (χ3n) is 3.33. The lowest BCUT2D eigenvalue weighted by Gasteiger charge is -2.15. The minimum absolute atomic E-state index is 0.0276. The Morgan fingerprint density at radius 3 is 3.06 bits per heavy atom. The summed E-state index contributed by atoms with van der Waals surface area (Å²) in [4.78, 5) is 12.4. The van der Waals surface area contributed by atoms with Crippen molar-refractivity contribution in [3.05, 3.63) is 16.9 Å². The number of aryl methyl sites for hydroxylation is 1. The SMILES string of the molecule is CCCn1ncc(Cl)c1C(=O)C1CCNC1C. The summed E-state index contributed by atoms with van der Waals surface area (Å²) in [5, 5.41) is 7.93. The number of Topliss-reactive ketones (excluding diaryl/α,β-unsaturated/α-hetero) is 1. The number of ketones is 1. The van der Waals surface area contributed by atoms with Crippen molar-refractivity contribution in [2.75, 3.05) is 6.54 Å². The largest absolute Gasteiger partial charge is 0.313 e. The van der Waals surface area contributed by atoms with Crippen molar-refractivity contribution in [2.45, 2.75) is 39.3 Å². The van der Waals surface area contributed by atoms with E-state index in [0.29, 0.717) is 10.7 Å². The fourth-order valence-corrected chi connectivity index (χ4v) is 2.62. The van der Waals surface area contributed by atoms with Gasteiger partial charge in [-0.15, -0.1) is 0 Å². The lowest BCUT2D eigenvalue weighted by molar-refractivity contribution is 0.0903. The van der Waals surface area contributed by atoms with Gasteiger partial charge in [0.15, 0.2) is 5.78 Å². The van der Waals surface area contributed by atoms with Crippen LogP contribution in [0.3, 0.4) is 0 Å². The zero-order chi connectivity index (χ0) is 12.4. The summed E-state index contributed by atoms with van der Waals surface area (Å²) in [6.45, 7) is 5.74. The first-order valence-electron chi connectivity index (χ1n) is 6.14. The molecule has 1 fully saturated rings. The minimum atomic E-state index is 0.0276. The fourth-order valence-electron chi connectivity index (χ4n) is 2.38. The minimum Gasteiger partial charge on any atom is -0.313 e. The van der Waals surface area contributed by atoms with Crippen molar-refractivity contribution in [3.63, 3.8) is 0 Å². The molecule has 1 saturated heterocycles. The second-order valence-corrected chi connectivity index (χ2v) is 4.97. The van der Waals surface area contributed by atoms with Crippen LogP contribution in [0.4, 0.5) is 0 Å². The highest BCUT2D eigenvalue weighted by Gasteiger charge is 2.33. The van der Waals surface area contributed by atoms with Gasteiger partial charge in [-0.2, -0.15) is 5.10 Å². The van der Waals surface area contributed by atoms with E-state index in [1.807, 2.05) is 6.92 Å². The number of carbonyl (C=O) groups excluding carboxylic acids is 1. The molecule has 17 heavy (non-hydrogen) atoms. The van der Waals surface area contributed by atoms with Crippen molar-refractivity contribution in [1.29, 1.82) is 0 Å². The lowest BCUT2D eigenvalue weighted by atomic mass is 9.95. The third-order valence-corrected chi connectivity index (χ3v) is 3.60. The highest BCUT2D eigenvalue weighted by atomic mass is 35.5. The van der Waals surface area contributed by atoms with E-state index in [1.165, 1.54) is 0 Å². The van der Waals surface area contributed by atoms with Crippen LogP contribution in [0.5, 0.6) is 0 Å². The Morgan fingerprint density at radius 1 is 1.71 bits per heavy atom. The molecule has 1 aliphatic heterocycles. The van der Waals surface area contributed by atoms with Gasteiger partial charge in [0.25, 0.3) is 0 Å². The molecular weight excluding hydrogens is 238 g/mol. The Kier molecular flexibility index (Phi) is 3.84. The number of rotatable bonds is 4. The number of aromatic nitrogens is 2. The van der Waals surface area contributed by atoms with E-state index in [-0.39, 0.29) is 17.7 Å². The number of carbonyl (C=O) groups is 1. The van der Waals surface area contributed by atoms with Crippen LogP contribution in [-0.4, -0.2) is 28.2 Å². The molecule has 2 rings (SSSR count). The molecule has 0 bridgehead atoms. The summed E-state index contributed by atoms with van der Waals surface area (Å²) in [7, 11) is 0. The van der Waals surface area contributed by atoms with Gasteiger partial charge in [0.05, 0.1) is 11.2 Å². The van der Waals surface area contributed by atoms with Gasteiger partial charge in [0, 0.05) is 18.5 Å². The van der Waals surface area contributed by atoms with Crippen LogP contribution in [-0.2, 0) is 6.54 Å². The molecule has 1 aromatic heterocycles. The highest BCUT2D eigenvalue weighted by molar-refractivity contribution is 6.33. The number of hydrogen-bond acceptors (Lipinski definition) is 3. The molecule has 0 aliphatic carbocycles. The average Bonchev–Trinajstić information content (AvgIpc) is 2.86. The Morgan fingerprint density at radius 2 is 2.47 bits per heavy atom. The van der Waals surface area contributed by atoms with E-state index in [1.54, 1.807) is 10.9 Å². The third kappa shape index (κ3) is 2.38. The molecule has 0 saturated carbocycles. The lowest BCUT2D eigenvalue weighted by Crippen LogP contribution is -2.29. The van der Waals surface area contributed by atoms with Gasteiger partial charge in [-0.05, 0) is 26.3 Å². The van der Waals surface area contributed by atoms with E-state index in [9.17, 15) is 4.79 Å². The van der Waals surface area contributed by atoms with Gasteiger partial charge in [0.2, 0.25) is 0 Å². The summed E-state index contributed by atoms with van der Waals surface area (Å²) in [5.41, 5.74) is 0.578. The van der Waals surface area contributed by atoms with Crippen LogP contribution in [0.1, 0.15) is 37.2 Å². The summed E-state index contributed by atoms with van der Waals surface area (Å²) in [5.74, 6) is 0.151.